The maximum absolute atomic E-state index is 9.00. The van der Waals surface area contributed by atoms with E-state index in [-0.39, 0.29) is 0 Å². The van der Waals surface area contributed by atoms with E-state index in [9.17, 15) is 0 Å². The standard InChI is InChI=1S/C13H21N3O/c1-4-5-7-17-8-6-16-11(3)10(2)12(9-14)13(16)15/h4-8,15H2,1-3H3. The predicted octanol–water partition coefficient (Wildman–Crippen LogP) is 2.38. The van der Waals surface area contributed by atoms with Gasteiger partial charge in [0.15, 0.2) is 0 Å². The third-order valence-electron chi connectivity index (χ3n) is 3.08. The molecule has 0 aliphatic heterocycles. The maximum atomic E-state index is 9.00. The summed E-state index contributed by atoms with van der Waals surface area (Å²) in [5.41, 5.74) is 8.56. The average molecular weight is 235 g/mol. The minimum Gasteiger partial charge on any atom is -0.384 e. The summed E-state index contributed by atoms with van der Waals surface area (Å²) in [5, 5.41) is 9.00. The lowest BCUT2D eigenvalue weighted by Gasteiger charge is -2.09. The Morgan fingerprint density at radius 2 is 2.06 bits per heavy atom. The van der Waals surface area contributed by atoms with Crippen LogP contribution in [0.1, 0.15) is 36.6 Å². The van der Waals surface area contributed by atoms with Crippen molar-refractivity contribution in [2.24, 2.45) is 0 Å². The van der Waals surface area contributed by atoms with Crippen molar-refractivity contribution in [3.63, 3.8) is 0 Å². The summed E-state index contributed by atoms with van der Waals surface area (Å²) in [5.74, 6) is 0.557. The minimum absolute atomic E-state index is 0.557. The van der Waals surface area contributed by atoms with Crippen LogP contribution < -0.4 is 5.73 Å². The van der Waals surface area contributed by atoms with E-state index in [1.54, 1.807) is 0 Å². The lowest BCUT2D eigenvalue weighted by Crippen LogP contribution is -2.10. The van der Waals surface area contributed by atoms with Crippen LogP contribution in [0.3, 0.4) is 0 Å². The zero-order valence-corrected chi connectivity index (χ0v) is 10.9. The lowest BCUT2D eigenvalue weighted by molar-refractivity contribution is 0.123. The van der Waals surface area contributed by atoms with E-state index < -0.39 is 0 Å². The molecule has 0 bridgehead atoms. The molecule has 0 unspecified atom stereocenters. The van der Waals surface area contributed by atoms with Gasteiger partial charge >= 0.3 is 0 Å². The quantitative estimate of drug-likeness (QED) is 0.770. The number of aromatic nitrogens is 1. The molecular weight excluding hydrogens is 214 g/mol. The summed E-state index contributed by atoms with van der Waals surface area (Å²) in [4.78, 5) is 0. The number of hydrogen-bond donors (Lipinski definition) is 1. The smallest absolute Gasteiger partial charge is 0.122 e. The molecule has 0 spiro atoms. The second-order valence-electron chi connectivity index (χ2n) is 4.20. The van der Waals surface area contributed by atoms with Gasteiger partial charge in [-0.25, -0.2) is 0 Å². The van der Waals surface area contributed by atoms with Crippen LogP contribution in [-0.2, 0) is 11.3 Å². The molecule has 0 radical (unpaired) electrons. The topological polar surface area (TPSA) is 64.0 Å². The molecule has 1 aromatic heterocycles. The van der Waals surface area contributed by atoms with Crippen molar-refractivity contribution in [3.05, 3.63) is 16.8 Å². The highest BCUT2D eigenvalue weighted by molar-refractivity contribution is 5.57. The number of hydrogen-bond acceptors (Lipinski definition) is 3. The van der Waals surface area contributed by atoms with Gasteiger partial charge in [-0.1, -0.05) is 13.3 Å². The van der Waals surface area contributed by atoms with E-state index in [0.717, 1.165) is 30.7 Å². The first kappa shape index (κ1) is 13.6. The van der Waals surface area contributed by atoms with Crippen molar-refractivity contribution in [3.8, 4) is 6.07 Å². The molecule has 0 aromatic carbocycles. The molecule has 4 heteroatoms. The molecule has 0 saturated carbocycles. The summed E-state index contributed by atoms with van der Waals surface area (Å²) < 4.78 is 7.47. The number of rotatable bonds is 6. The molecule has 17 heavy (non-hydrogen) atoms. The van der Waals surface area contributed by atoms with Crippen LogP contribution in [0.15, 0.2) is 0 Å². The minimum atomic E-state index is 0.557. The van der Waals surface area contributed by atoms with Crippen molar-refractivity contribution in [2.45, 2.75) is 40.2 Å². The normalized spacial score (nSPS) is 10.5. The predicted molar refractivity (Wildman–Crippen MR) is 68.8 cm³/mol. The third kappa shape index (κ3) is 3.01. The Labute approximate surface area is 103 Å². The van der Waals surface area contributed by atoms with Gasteiger partial charge in [-0.05, 0) is 25.8 Å². The molecule has 1 rings (SSSR count). The monoisotopic (exact) mass is 235 g/mol. The molecular formula is C13H21N3O. The molecule has 2 N–H and O–H groups in total. The van der Waals surface area contributed by atoms with Gasteiger partial charge in [0.1, 0.15) is 11.9 Å². The number of anilines is 1. The summed E-state index contributed by atoms with van der Waals surface area (Å²) in [7, 11) is 0. The Morgan fingerprint density at radius 3 is 2.59 bits per heavy atom. The molecule has 0 atom stereocenters. The van der Waals surface area contributed by atoms with Gasteiger partial charge in [0.25, 0.3) is 0 Å². The molecule has 0 saturated heterocycles. The van der Waals surface area contributed by atoms with E-state index in [0.29, 0.717) is 24.5 Å². The first-order valence-corrected chi connectivity index (χ1v) is 6.06. The molecule has 4 nitrogen and oxygen atoms in total. The fourth-order valence-electron chi connectivity index (χ4n) is 1.82. The second-order valence-corrected chi connectivity index (χ2v) is 4.20. The van der Waals surface area contributed by atoms with Gasteiger partial charge in [0, 0.05) is 18.8 Å². The van der Waals surface area contributed by atoms with E-state index in [2.05, 4.69) is 13.0 Å². The van der Waals surface area contributed by atoms with Crippen molar-refractivity contribution in [1.82, 2.24) is 4.57 Å². The van der Waals surface area contributed by atoms with Crippen LogP contribution in [0.2, 0.25) is 0 Å². The highest BCUT2D eigenvalue weighted by atomic mass is 16.5. The first-order chi connectivity index (χ1) is 8.13. The van der Waals surface area contributed by atoms with E-state index >= 15 is 0 Å². The van der Waals surface area contributed by atoms with Gasteiger partial charge in [0.2, 0.25) is 0 Å². The van der Waals surface area contributed by atoms with Crippen LogP contribution in [0, 0.1) is 25.2 Å². The fraction of sp³-hybridized carbons (Fsp3) is 0.615. The summed E-state index contributed by atoms with van der Waals surface area (Å²) in [6.07, 6.45) is 2.23. The van der Waals surface area contributed by atoms with Crippen molar-refractivity contribution < 1.29 is 4.74 Å². The second kappa shape index (κ2) is 6.31. The number of nitrogens with zero attached hydrogens (tertiary/aromatic N) is 2. The Kier molecular flexibility index (Phi) is 5.05. The van der Waals surface area contributed by atoms with Crippen molar-refractivity contribution in [2.75, 3.05) is 18.9 Å². The van der Waals surface area contributed by atoms with Gasteiger partial charge < -0.3 is 15.0 Å². The average Bonchev–Trinajstić information content (AvgIpc) is 2.52. The van der Waals surface area contributed by atoms with Crippen LogP contribution >= 0.6 is 0 Å². The van der Waals surface area contributed by atoms with Crippen molar-refractivity contribution in [1.29, 1.82) is 5.26 Å². The summed E-state index contributed by atoms with van der Waals surface area (Å²) >= 11 is 0. The largest absolute Gasteiger partial charge is 0.384 e. The number of nitrogens with two attached hydrogens (primary N) is 1. The summed E-state index contributed by atoms with van der Waals surface area (Å²) in [6.45, 7) is 8.20. The Balaban J connectivity index is 2.63. The zero-order chi connectivity index (χ0) is 12.8. The first-order valence-electron chi connectivity index (χ1n) is 6.06. The molecule has 94 valence electrons. The van der Waals surface area contributed by atoms with Gasteiger partial charge in [0.05, 0.1) is 12.2 Å². The van der Waals surface area contributed by atoms with Crippen LogP contribution in [0.4, 0.5) is 5.82 Å². The highest BCUT2D eigenvalue weighted by Crippen LogP contribution is 2.23. The van der Waals surface area contributed by atoms with E-state index in [1.165, 1.54) is 0 Å². The maximum Gasteiger partial charge on any atom is 0.122 e. The third-order valence-corrected chi connectivity index (χ3v) is 3.08. The Bertz CT molecular complexity index is 415. The molecule has 0 aliphatic rings. The molecule has 0 aliphatic carbocycles. The van der Waals surface area contributed by atoms with E-state index in [4.69, 9.17) is 15.7 Å². The fourth-order valence-corrected chi connectivity index (χ4v) is 1.82. The SMILES string of the molecule is CCCCOCCn1c(C)c(C)c(C#N)c1N. The van der Waals surface area contributed by atoms with Gasteiger partial charge in [-0.3, -0.25) is 0 Å². The number of unbranched alkanes of at least 4 members (excludes halogenated alkanes) is 1. The lowest BCUT2D eigenvalue weighted by atomic mass is 10.2. The molecule has 1 heterocycles. The summed E-state index contributed by atoms with van der Waals surface area (Å²) in [6, 6.07) is 2.15. The molecule has 0 fully saturated rings. The van der Waals surface area contributed by atoms with Crippen LogP contribution in [0.5, 0.6) is 0 Å². The molecule has 0 amide bonds. The van der Waals surface area contributed by atoms with Crippen LogP contribution in [0.25, 0.3) is 0 Å². The van der Waals surface area contributed by atoms with Crippen molar-refractivity contribution >= 4 is 5.82 Å². The zero-order valence-electron chi connectivity index (χ0n) is 10.9. The number of ether oxygens (including phenoxy) is 1. The van der Waals surface area contributed by atoms with Gasteiger partial charge in [-0.2, -0.15) is 5.26 Å². The Morgan fingerprint density at radius 1 is 1.35 bits per heavy atom. The number of nitrogen functional groups attached to an aromatic ring is 1. The number of nitriles is 1. The Hall–Kier alpha value is -1.47. The van der Waals surface area contributed by atoms with Gasteiger partial charge in [-0.15, -0.1) is 0 Å². The highest BCUT2D eigenvalue weighted by Gasteiger charge is 2.14. The van der Waals surface area contributed by atoms with Crippen LogP contribution in [-0.4, -0.2) is 17.8 Å². The van der Waals surface area contributed by atoms with E-state index in [1.807, 2.05) is 18.4 Å². The molecule has 1 aromatic rings.